The fourth-order valence-electron chi connectivity index (χ4n) is 4.43. The zero-order valence-electron chi connectivity index (χ0n) is 26.3. The van der Waals surface area contributed by atoms with Crippen LogP contribution in [-0.2, 0) is 26.2 Å². The topological polar surface area (TPSA) is 290 Å². The zero-order valence-corrected chi connectivity index (χ0v) is 27.9. The van der Waals surface area contributed by atoms with E-state index in [0.717, 1.165) is 17.7 Å². The van der Waals surface area contributed by atoms with Gasteiger partial charge in [-0.2, -0.15) is 23.4 Å². The molecule has 9 N–H and O–H groups in total. The predicted molar refractivity (Wildman–Crippen MR) is 185 cm³/mol. The minimum absolute atomic E-state index is 0.00288. The third kappa shape index (κ3) is 9.80. The van der Waals surface area contributed by atoms with Crippen LogP contribution in [0.1, 0.15) is 18.4 Å². The lowest BCUT2D eigenvalue weighted by Crippen LogP contribution is -2.25. The van der Waals surface area contributed by atoms with Gasteiger partial charge in [0.05, 0.1) is 16.3 Å². The number of carboxylic acid groups (broad SMARTS) is 1. The summed E-state index contributed by atoms with van der Waals surface area (Å²) in [7, 11) is -4.76. The molecule has 0 radical (unpaired) electrons. The number of aromatic nitrogens is 3. The average molecular weight is 740 g/mol. The van der Waals surface area contributed by atoms with E-state index >= 15 is 0 Å². The van der Waals surface area contributed by atoms with E-state index in [4.69, 9.17) is 14.4 Å². The molecule has 0 aliphatic heterocycles. The number of phenolic OH excluding ortho intramolecular Hbond substituents is 2. The summed E-state index contributed by atoms with van der Waals surface area (Å²) in [5.74, 6) is -1.71. The van der Waals surface area contributed by atoms with Crippen LogP contribution in [0.15, 0.2) is 81.9 Å². The fraction of sp³-hybridized carbons (Fsp3) is 0.133. The molecule has 0 saturated carbocycles. The number of hydrogen-bond donors (Lipinski definition) is 9. The van der Waals surface area contributed by atoms with Gasteiger partial charge in [0.1, 0.15) is 22.9 Å². The lowest BCUT2D eigenvalue weighted by Gasteiger charge is -2.14. The molecule has 5 rings (SSSR count). The number of aryl methyl sites for hydroxylation is 1. The van der Waals surface area contributed by atoms with Gasteiger partial charge < -0.3 is 25.4 Å². The van der Waals surface area contributed by atoms with Crippen molar-refractivity contribution in [2.75, 3.05) is 22.0 Å². The first-order chi connectivity index (χ1) is 24.2. The minimum Gasteiger partial charge on any atom is -0.506 e. The van der Waals surface area contributed by atoms with E-state index in [1.165, 1.54) is 30.3 Å². The Morgan fingerprint density at radius 2 is 1.67 bits per heavy atom. The Labute approximate surface area is 291 Å². The Bertz CT molecular complexity index is 2260. The number of carboxylic acids is 1. The van der Waals surface area contributed by atoms with Crippen LogP contribution in [-0.4, -0.2) is 64.5 Å². The van der Waals surface area contributed by atoms with Crippen LogP contribution in [0.5, 0.6) is 23.3 Å². The zero-order chi connectivity index (χ0) is 36.7. The molecule has 19 nitrogen and oxygen atoms in total. The smallest absolute Gasteiger partial charge is 0.328 e. The summed E-state index contributed by atoms with van der Waals surface area (Å²) in [5.41, 5.74) is 6.27. The highest BCUT2D eigenvalue weighted by molar-refractivity contribution is 7.85. The van der Waals surface area contributed by atoms with E-state index in [1.807, 2.05) is 6.92 Å². The summed E-state index contributed by atoms with van der Waals surface area (Å²) in [6.45, 7) is 2.11. The molecule has 5 aromatic rings. The van der Waals surface area contributed by atoms with Crippen molar-refractivity contribution in [1.82, 2.24) is 20.4 Å². The number of nitrogens with one attached hydrogen (secondary N) is 4. The molecule has 51 heavy (non-hydrogen) atoms. The van der Waals surface area contributed by atoms with Gasteiger partial charge in [0.2, 0.25) is 11.9 Å². The molecule has 1 heterocycles. The van der Waals surface area contributed by atoms with E-state index in [1.54, 1.807) is 24.3 Å². The molecule has 1 unspecified atom stereocenters. The highest BCUT2D eigenvalue weighted by Gasteiger charge is 2.20. The number of carbonyl (C=O) groups is 1. The van der Waals surface area contributed by atoms with Gasteiger partial charge in [-0.05, 0) is 67.3 Å². The lowest BCUT2D eigenvalue weighted by molar-refractivity contribution is -0.137. The summed E-state index contributed by atoms with van der Waals surface area (Å²) >= 11 is -2.40. The third-order valence-corrected chi connectivity index (χ3v) is 8.01. The second kappa shape index (κ2) is 15.7. The Morgan fingerprint density at radius 1 is 0.941 bits per heavy atom. The summed E-state index contributed by atoms with van der Waals surface area (Å²) in [4.78, 5) is 23.1. The van der Waals surface area contributed by atoms with Crippen LogP contribution in [0.4, 0.5) is 34.6 Å². The summed E-state index contributed by atoms with van der Waals surface area (Å²) in [6, 6.07) is 15.4. The van der Waals surface area contributed by atoms with Gasteiger partial charge in [-0.15, -0.1) is 10.2 Å². The van der Waals surface area contributed by atoms with Crippen molar-refractivity contribution in [3.63, 3.8) is 0 Å². The number of anilines is 4. The van der Waals surface area contributed by atoms with E-state index < -0.39 is 38.0 Å². The first kappa shape index (κ1) is 36.3. The van der Waals surface area contributed by atoms with Crippen LogP contribution < -0.4 is 25.6 Å². The van der Waals surface area contributed by atoms with Crippen LogP contribution in [0.2, 0.25) is 0 Å². The molecular weight excluding hydrogens is 711 g/mol. The van der Waals surface area contributed by atoms with Gasteiger partial charge in [0.15, 0.2) is 5.75 Å². The second-order valence-corrected chi connectivity index (χ2v) is 12.7. The summed E-state index contributed by atoms with van der Waals surface area (Å²) < 4.78 is 62.6. The van der Waals surface area contributed by atoms with E-state index in [0.29, 0.717) is 5.75 Å². The fourth-order valence-corrected chi connectivity index (χ4v) is 5.30. The highest BCUT2D eigenvalue weighted by atomic mass is 32.2. The van der Waals surface area contributed by atoms with Crippen molar-refractivity contribution >= 4 is 72.8 Å². The van der Waals surface area contributed by atoms with E-state index in [-0.39, 0.29) is 76.6 Å². The molecule has 21 heteroatoms. The van der Waals surface area contributed by atoms with E-state index in [2.05, 4.69) is 46.1 Å². The third-order valence-electron chi connectivity index (χ3n) is 6.77. The van der Waals surface area contributed by atoms with Crippen molar-refractivity contribution in [1.29, 1.82) is 0 Å². The maximum absolute atomic E-state index is 12.2. The molecule has 0 spiro atoms. The molecule has 4 aromatic carbocycles. The number of benzene rings is 4. The molecule has 0 amide bonds. The Morgan fingerprint density at radius 3 is 2.37 bits per heavy atom. The number of hydrogen-bond acceptors (Lipinski definition) is 15. The molecule has 1 atom stereocenters. The number of ether oxygens (including phenoxy) is 1. The molecule has 0 bridgehead atoms. The number of nitrogens with zero attached hydrogens (tertiary/aromatic N) is 5. The molecule has 0 saturated heterocycles. The van der Waals surface area contributed by atoms with E-state index in [9.17, 15) is 32.2 Å². The number of aliphatic carboxylic acids is 1. The second-order valence-electron chi connectivity index (χ2n) is 10.6. The minimum atomic E-state index is -4.76. The van der Waals surface area contributed by atoms with Gasteiger partial charge >= 0.3 is 12.0 Å². The van der Waals surface area contributed by atoms with Crippen LogP contribution in [0.3, 0.4) is 0 Å². The number of hydrazine groups is 1. The Hall–Kier alpha value is -6.00. The van der Waals surface area contributed by atoms with Crippen molar-refractivity contribution in [3.8, 4) is 23.3 Å². The monoisotopic (exact) mass is 739 g/mol. The van der Waals surface area contributed by atoms with Gasteiger partial charge in [-0.25, -0.2) is 9.63 Å². The Kier molecular flexibility index (Phi) is 11.2. The number of azo groups is 1. The highest BCUT2D eigenvalue weighted by Crippen LogP contribution is 2.42. The molecule has 1 aromatic heterocycles. The van der Waals surface area contributed by atoms with Crippen molar-refractivity contribution in [2.45, 2.75) is 24.7 Å². The summed E-state index contributed by atoms with van der Waals surface area (Å²) in [5, 5.41) is 41.4. The van der Waals surface area contributed by atoms with Gasteiger partial charge in [0.25, 0.3) is 21.4 Å². The van der Waals surface area contributed by atoms with Crippen LogP contribution in [0, 0.1) is 6.92 Å². The molecular formula is C30H29N9O10S2. The first-order valence-corrected chi connectivity index (χ1v) is 17.2. The molecule has 0 aliphatic carbocycles. The SMILES string of the molecule is Cc1ccc(Oc2nc(NNCCCC(=O)O)nc(Nc3cc(S(=O)(=O)O)cc4ccc(N=Nc5cc(NS(=O)O)ccc5O)c(O)c34)n2)cc1. The maximum Gasteiger partial charge on any atom is 0.328 e. The molecule has 266 valence electrons. The lowest BCUT2D eigenvalue weighted by atomic mass is 10.1. The predicted octanol–water partition coefficient (Wildman–Crippen LogP) is 5.27. The van der Waals surface area contributed by atoms with Crippen LogP contribution in [0.25, 0.3) is 10.8 Å². The standard InChI is InChI=1S/C30H29N9O10S2/c1-16-4-8-19(9-5-16)49-30-34-28(33-29(35-30)38-31-12-2-3-25(41)42)32-23-15-20(51(46,47)48)13-17-6-10-21(27(43)26(17)23)36-37-22-14-18(39-50(44)45)7-11-24(22)40/h4-11,13-15,31,39-40,43H,2-3,12H2,1H3,(H,41,42)(H,44,45)(H,46,47,48)(H2,32,33,34,35,38). The van der Waals surface area contributed by atoms with Crippen molar-refractivity contribution in [3.05, 3.63) is 72.3 Å². The largest absolute Gasteiger partial charge is 0.506 e. The van der Waals surface area contributed by atoms with Crippen molar-refractivity contribution in [2.24, 2.45) is 10.2 Å². The van der Waals surface area contributed by atoms with Gasteiger partial charge in [-0.3, -0.25) is 24.0 Å². The molecule has 0 aliphatic rings. The summed E-state index contributed by atoms with van der Waals surface area (Å²) in [6.07, 6.45) is 0.198. The van der Waals surface area contributed by atoms with Crippen molar-refractivity contribution < 1.29 is 46.6 Å². The first-order valence-electron chi connectivity index (χ1n) is 14.6. The number of fused-ring (bicyclic) bond motifs is 1. The van der Waals surface area contributed by atoms with Crippen LogP contribution >= 0.6 is 0 Å². The number of aromatic hydroxyl groups is 2. The quantitative estimate of drug-likeness (QED) is 0.0165. The van der Waals surface area contributed by atoms with Gasteiger partial charge in [-0.1, -0.05) is 23.8 Å². The normalized spacial score (nSPS) is 12.1. The maximum atomic E-state index is 12.2. The van der Waals surface area contributed by atoms with Gasteiger partial charge in [0, 0.05) is 18.4 Å². The Balaban J connectivity index is 1.55. The number of phenols is 2. The average Bonchev–Trinajstić information content (AvgIpc) is 3.05. The molecule has 0 fully saturated rings. The number of rotatable bonds is 15.